The summed E-state index contributed by atoms with van der Waals surface area (Å²) in [5.74, 6) is 0.477. The molecule has 19 heavy (non-hydrogen) atoms. The second kappa shape index (κ2) is 5.14. The van der Waals surface area contributed by atoms with Crippen molar-refractivity contribution in [2.45, 2.75) is 37.4 Å². The first-order chi connectivity index (χ1) is 9.28. The van der Waals surface area contributed by atoms with Gasteiger partial charge in [-0.25, -0.2) is 9.37 Å². The third-order valence-electron chi connectivity index (χ3n) is 3.63. The Morgan fingerprint density at radius 2 is 2.32 bits per heavy atom. The molecule has 2 fully saturated rings. The van der Waals surface area contributed by atoms with Crippen LogP contribution in [0.5, 0.6) is 0 Å². The van der Waals surface area contributed by atoms with Crippen LogP contribution in [-0.2, 0) is 4.74 Å². The standard InChI is InChI=1S/C14H16FN3O/c15-12-6-11(12)13-4-3-9(7-16)14(18-13)17-10-2-1-5-19-8-10/h3-4,10-12H,1-2,5-6,8H2,(H,17,18)/t10?,11-,12-/m1/s1. The van der Waals surface area contributed by atoms with Gasteiger partial charge >= 0.3 is 0 Å². The minimum absolute atomic E-state index is 0.0871. The molecule has 3 atom stereocenters. The third-order valence-corrected chi connectivity index (χ3v) is 3.63. The monoisotopic (exact) mass is 261 g/mol. The Morgan fingerprint density at radius 3 is 2.95 bits per heavy atom. The van der Waals surface area contributed by atoms with Gasteiger partial charge < -0.3 is 10.1 Å². The first-order valence-corrected chi connectivity index (χ1v) is 6.67. The summed E-state index contributed by atoms with van der Waals surface area (Å²) < 4.78 is 18.5. The highest BCUT2D eigenvalue weighted by Crippen LogP contribution is 2.43. The van der Waals surface area contributed by atoms with Crippen LogP contribution in [0, 0.1) is 11.3 Å². The molecule has 1 saturated heterocycles. The predicted molar refractivity (Wildman–Crippen MR) is 68.7 cm³/mol. The minimum Gasteiger partial charge on any atom is -0.379 e. The van der Waals surface area contributed by atoms with Gasteiger partial charge in [0.15, 0.2) is 0 Å². The largest absolute Gasteiger partial charge is 0.379 e. The van der Waals surface area contributed by atoms with Gasteiger partial charge in [-0.15, -0.1) is 0 Å². The van der Waals surface area contributed by atoms with E-state index in [1.54, 1.807) is 12.1 Å². The topological polar surface area (TPSA) is 57.9 Å². The van der Waals surface area contributed by atoms with Gasteiger partial charge in [-0.2, -0.15) is 5.26 Å². The van der Waals surface area contributed by atoms with Crippen molar-refractivity contribution in [2.75, 3.05) is 18.5 Å². The summed E-state index contributed by atoms with van der Waals surface area (Å²) in [7, 11) is 0. The van der Waals surface area contributed by atoms with Gasteiger partial charge in [0, 0.05) is 18.2 Å². The number of nitrogens with one attached hydrogen (secondary N) is 1. The molecule has 1 N–H and O–H groups in total. The Balaban J connectivity index is 1.79. The highest BCUT2D eigenvalue weighted by Gasteiger charge is 2.40. The maximum absolute atomic E-state index is 13.1. The number of alkyl halides is 1. The Hall–Kier alpha value is -1.67. The Morgan fingerprint density at radius 1 is 1.47 bits per heavy atom. The zero-order valence-corrected chi connectivity index (χ0v) is 10.6. The van der Waals surface area contributed by atoms with Crippen LogP contribution in [0.4, 0.5) is 10.2 Å². The molecule has 1 saturated carbocycles. The molecule has 1 aliphatic heterocycles. The van der Waals surface area contributed by atoms with E-state index in [-0.39, 0.29) is 12.0 Å². The average Bonchev–Trinajstić information content (AvgIpc) is 3.17. The second-order valence-electron chi connectivity index (χ2n) is 5.16. The lowest BCUT2D eigenvalue weighted by atomic mass is 10.1. The van der Waals surface area contributed by atoms with Crippen molar-refractivity contribution in [3.8, 4) is 6.07 Å². The van der Waals surface area contributed by atoms with Gasteiger partial charge in [0.25, 0.3) is 0 Å². The van der Waals surface area contributed by atoms with E-state index in [0.29, 0.717) is 24.4 Å². The summed E-state index contributed by atoms with van der Waals surface area (Å²) in [5.41, 5.74) is 1.25. The fourth-order valence-corrected chi connectivity index (χ4v) is 2.40. The normalized spacial score (nSPS) is 29.6. The van der Waals surface area contributed by atoms with Crippen LogP contribution in [-0.4, -0.2) is 30.4 Å². The van der Waals surface area contributed by atoms with Crippen LogP contribution >= 0.6 is 0 Å². The van der Waals surface area contributed by atoms with Crippen LogP contribution in [0.2, 0.25) is 0 Å². The molecule has 2 heterocycles. The first-order valence-electron chi connectivity index (χ1n) is 6.67. The number of rotatable bonds is 3. The molecular weight excluding hydrogens is 245 g/mol. The van der Waals surface area contributed by atoms with Crippen LogP contribution in [0.3, 0.4) is 0 Å². The number of halogens is 1. The fourth-order valence-electron chi connectivity index (χ4n) is 2.40. The number of hydrogen-bond acceptors (Lipinski definition) is 4. The lowest BCUT2D eigenvalue weighted by molar-refractivity contribution is 0.0875. The Bertz CT molecular complexity index is 508. The smallest absolute Gasteiger partial charge is 0.144 e. The van der Waals surface area contributed by atoms with Crippen molar-refractivity contribution in [1.29, 1.82) is 5.26 Å². The van der Waals surface area contributed by atoms with Crippen molar-refractivity contribution in [1.82, 2.24) is 4.98 Å². The highest BCUT2D eigenvalue weighted by molar-refractivity contribution is 5.53. The maximum Gasteiger partial charge on any atom is 0.144 e. The molecule has 5 heteroatoms. The van der Waals surface area contributed by atoms with E-state index in [9.17, 15) is 4.39 Å². The molecule has 1 aromatic heterocycles. The molecule has 0 bridgehead atoms. The lowest BCUT2D eigenvalue weighted by Gasteiger charge is -2.24. The van der Waals surface area contributed by atoms with Gasteiger partial charge in [0.05, 0.1) is 18.2 Å². The van der Waals surface area contributed by atoms with E-state index in [2.05, 4.69) is 16.4 Å². The summed E-state index contributed by atoms with van der Waals surface area (Å²) in [6.45, 7) is 1.42. The minimum atomic E-state index is -0.772. The van der Waals surface area contributed by atoms with Crippen molar-refractivity contribution in [2.24, 2.45) is 0 Å². The zero-order chi connectivity index (χ0) is 13.2. The van der Waals surface area contributed by atoms with Gasteiger partial charge in [0.2, 0.25) is 0 Å². The van der Waals surface area contributed by atoms with Crippen LogP contribution in [0.15, 0.2) is 12.1 Å². The molecule has 2 aliphatic rings. The van der Waals surface area contributed by atoms with Gasteiger partial charge in [0.1, 0.15) is 18.1 Å². The number of aromatic nitrogens is 1. The summed E-state index contributed by atoms with van der Waals surface area (Å²) in [5, 5.41) is 12.4. The van der Waals surface area contributed by atoms with E-state index in [4.69, 9.17) is 10.00 Å². The molecule has 0 radical (unpaired) electrons. The molecule has 4 nitrogen and oxygen atoms in total. The van der Waals surface area contributed by atoms with Crippen molar-refractivity contribution < 1.29 is 9.13 Å². The summed E-state index contributed by atoms with van der Waals surface area (Å²) >= 11 is 0. The van der Waals surface area contributed by atoms with Crippen LogP contribution in [0.1, 0.15) is 36.4 Å². The van der Waals surface area contributed by atoms with E-state index < -0.39 is 6.17 Å². The number of hydrogen-bond donors (Lipinski definition) is 1. The van der Waals surface area contributed by atoms with Crippen molar-refractivity contribution >= 4 is 5.82 Å². The molecule has 3 rings (SSSR count). The van der Waals surface area contributed by atoms with Crippen molar-refractivity contribution in [3.05, 3.63) is 23.4 Å². The predicted octanol–water partition coefficient (Wildman–Crippen LogP) is 2.37. The second-order valence-corrected chi connectivity index (χ2v) is 5.16. The number of ether oxygens (including phenoxy) is 1. The molecular formula is C14H16FN3O. The Kier molecular flexibility index (Phi) is 3.34. The third kappa shape index (κ3) is 2.69. The molecule has 100 valence electrons. The van der Waals surface area contributed by atoms with E-state index in [1.165, 1.54) is 0 Å². The zero-order valence-electron chi connectivity index (χ0n) is 10.6. The summed E-state index contributed by atoms with van der Waals surface area (Å²) in [4.78, 5) is 4.42. The molecule has 0 aromatic carbocycles. The van der Waals surface area contributed by atoms with Gasteiger partial charge in [-0.1, -0.05) is 0 Å². The molecule has 1 unspecified atom stereocenters. The maximum atomic E-state index is 13.1. The van der Waals surface area contributed by atoms with E-state index in [0.717, 1.165) is 25.1 Å². The van der Waals surface area contributed by atoms with Gasteiger partial charge in [-0.05, 0) is 31.4 Å². The van der Waals surface area contributed by atoms with E-state index in [1.807, 2.05) is 0 Å². The lowest BCUT2D eigenvalue weighted by Crippen LogP contribution is -2.30. The van der Waals surface area contributed by atoms with Crippen molar-refractivity contribution in [3.63, 3.8) is 0 Å². The summed E-state index contributed by atoms with van der Waals surface area (Å²) in [6.07, 6.45) is 1.79. The SMILES string of the molecule is N#Cc1ccc([C@@H]2C[C@H]2F)nc1NC1CCCOC1. The average molecular weight is 261 g/mol. The number of anilines is 1. The van der Waals surface area contributed by atoms with Crippen LogP contribution in [0.25, 0.3) is 0 Å². The van der Waals surface area contributed by atoms with E-state index >= 15 is 0 Å². The number of nitriles is 1. The molecule has 0 amide bonds. The highest BCUT2D eigenvalue weighted by atomic mass is 19.1. The van der Waals surface area contributed by atoms with Gasteiger partial charge in [-0.3, -0.25) is 0 Å². The first kappa shape index (κ1) is 12.4. The quantitative estimate of drug-likeness (QED) is 0.907. The molecule has 1 aliphatic carbocycles. The number of pyridine rings is 1. The summed E-state index contributed by atoms with van der Waals surface area (Å²) in [6, 6.07) is 5.78. The van der Waals surface area contributed by atoms with Crippen LogP contribution < -0.4 is 5.32 Å². The molecule has 0 spiro atoms. The molecule has 1 aromatic rings. The fraction of sp³-hybridized carbons (Fsp3) is 0.571. The Labute approximate surface area is 111 Å². The number of nitrogens with zero attached hydrogens (tertiary/aromatic N) is 2.